The average molecular weight is 796 g/mol. The molecule has 0 saturated carbocycles. The van der Waals surface area contributed by atoms with Gasteiger partial charge in [0.1, 0.15) is 0 Å². The molecule has 0 aromatic carbocycles. The summed E-state index contributed by atoms with van der Waals surface area (Å²) in [5.74, 6) is 0. The van der Waals surface area contributed by atoms with E-state index in [9.17, 15) is 26.3 Å². The summed E-state index contributed by atoms with van der Waals surface area (Å²) in [7, 11) is -12.2. The standard InChI is InChI=1S/C22H32N4.2C2H3N.2CHF3O3S.Cu/c1-21(2,3)25-13-17-9-7-11-19(23-17)15-26(22(4,5)6)16-20-12-8-10-18(14-25)24-20;2*1-2-3;2*2-1(3,4)8(5,6)7;/h7-12H,13-16H2,1-6H3;2*1H3;2*(H,5,6,7);/q;;;;;+2/p-2. The molecule has 21 heteroatoms. The molecule has 1 aliphatic rings. The monoisotopic (exact) mass is 795 g/mol. The van der Waals surface area contributed by atoms with Crippen LogP contribution in [-0.2, 0) is 63.5 Å². The van der Waals surface area contributed by atoms with Crippen molar-refractivity contribution in [1.29, 1.82) is 10.5 Å². The van der Waals surface area contributed by atoms with Crippen LogP contribution in [0.3, 0.4) is 0 Å². The van der Waals surface area contributed by atoms with Crippen LogP contribution in [0.15, 0.2) is 36.4 Å². The van der Waals surface area contributed by atoms with Crippen LogP contribution in [0.1, 0.15) is 78.2 Å². The Labute approximate surface area is 294 Å². The van der Waals surface area contributed by atoms with Gasteiger partial charge in [0, 0.05) is 51.1 Å². The van der Waals surface area contributed by atoms with Crippen LogP contribution < -0.4 is 0 Å². The maximum atomic E-state index is 10.7. The number of fused-ring (bicyclic) bond motifs is 4. The van der Waals surface area contributed by atoms with Crippen molar-refractivity contribution in [2.75, 3.05) is 0 Å². The van der Waals surface area contributed by atoms with Crippen molar-refractivity contribution in [2.45, 2.75) is 104 Å². The minimum absolute atomic E-state index is 0. The number of alkyl halides is 6. The summed E-state index contributed by atoms with van der Waals surface area (Å²) in [6, 6.07) is 16.3. The maximum absolute atomic E-state index is 10.7. The van der Waals surface area contributed by atoms with E-state index >= 15 is 0 Å². The first-order chi connectivity index (χ1) is 21.4. The zero-order valence-electron chi connectivity index (χ0n) is 27.8. The third kappa shape index (κ3) is 21.1. The van der Waals surface area contributed by atoms with Crippen LogP contribution >= 0.6 is 0 Å². The summed E-state index contributed by atoms with van der Waals surface area (Å²) in [6.45, 7) is 19.7. The number of rotatable bonds is 0. The van der Waals surface area contributed by atoms with Crippen molar-refractivity contribution in [3.63, 3.8) is 0 Å². The molecule has 0 N–H and O–H groups in total. The van der Waals surface area contributed by atoms with Crippen molar-refractivity contribution >= 4 is 20.2 Å². The van der Waals surface area contributed by atoms with Crippen LogP contribution in [0, 0.1) is 22.7 Å². The van der Waals surface area contributed by atoms with Crippen molar-refractivity contribution in [2.24, 2.45) is 0 Å². The molecule has 0 aliphatic carbocycles. The van der Waals surface area contributed by atoms with E-state index in [4.69, 9.17) is 46.4 Å². The largest absolute Gasteiger partial charge is 2.00 e. The first kappa shape index (κ1) is 50.5. The van der Waals surface area contributed by atoms with Crippen molar-refractivity contribution in [3.8, 4) is 12.1 Å². The minimum atomic E-state index is -6.09. The van der Waals surface area contributed by atoms with Crippen LogP contribution in [0.2, 0.25) is 0 Å². The molecule has 0 spiro atoms. The Morgan fingerprint density at radius 1 is 0.612 bits per heavy atom. The minimum Gasteiger partial charge on any atom is -0.741 e. The number of aromatic nitrogens is 2. The molecule has 0 fully saturated rings. The Morgan fingerprint density at radius 2 is 0.776 bits per heavy atom. The molecule has 1 aliphatic heterocycles. The van der Waals surface area contributed by atoms with Gasteiger partial charge >= 0.3 is 28.1 Å². The van der Waals surface area contributed by atoms with Crippen molar-refractivity contribution in [3.05, 3.63) is 59.2 Å². The molecule has 0 atom stereocenters. The van der Waals surface area contributed by atoms with Gasteiger partial charge in [0.2, 0.25) is 0 Å². The molecular weight excluding hydrogens is 758 g/mol. The van der Waals surface area contributed by atoms with Crippen LogP contribution in [0.4, 0.5) is 26.3 Å². The smallest absolute Gasteiger partial charge is 0.741 e. The first-order valence-corrected chi connectivity index (χ1v) is 16.3. The van der Waals surface area contributed by atoms with Gasteiger partial charge in [-0.3, -0.25) is 19.8 Å². The molecule has 1 radical (unpaired) electrons. The Hall–Kier alpha value is -2.88. The summed E-state index contributed by atoms with van der Waals surface area (Å²) in [6.07, 6.45) is 0. The van der Waals surface area contributed by atoms with E-state index in [1.54, 1.807) is 12.1 Å². The Bertz CT molecular complexity index is 1440. The second-order valence-corrected chi connectivity index (χ2v) is 14.3. The quantitative estimate of drug-likeness (QED) is 0.140. The number of pyridine rings is 2. The Kier molecular flexibility index (Phi) is 21.3. The molecule has 3 rings (SSSR count). The normalized spacial score (nSPS) is 14.2. The summed E-state index contributed by atoms with van der Waals surface area (Å²) in [5.41, 5.74) is -6.68. The van der Waals surface area contributed by atoms with Crippen LogP contribution in [0.25, 0.3) is 0 Å². The van der Waals surface area contributed by atoms with Gasteiger partial charge in [0.15, 0.2) is 20.2 Å². The molecule has 0 saturated heterocycles. The number of hydrogen-bond acceptors (Lipinski definition) is 12. The number of halogens is 6. The second kappa shape index (κ2) is 20.7. The van der Waals surface area contributed by atoms with E-state index in [0.717, 1.165) is 49.0 Å². The molecule has 12 nitrogen and oxygen atoms in total. The average Bonchev–Trinajstić information content (AvgIpc) is 2.86. The third-order valence-electron chi connectivity index (χ3n) is 5.60. The van der Waals surface area contributed by atoms with E-state index in [1.807, 2.05) is 0 Å². The van der Waals surface area contributed by atoms with Crippen LogP contribution in [-0.4, -0.2) is 67.8 Å². The number of nitrogens with zero attached hydrogens (tertiary/aromatic N) is 6. The number of hydrogen-bond donors (Lipinski definition) is 0. The van der Waals surface area contributed by atoms with Gasteiger partial charge < -0.3 is 9.11 Å². The summed E-state index contributed by atoms with van der Waals surface area (Å²) < 4.78 is 118. The molecule has 3 heterocycles. The summed E-state index contributed by atoms with van der Waals surface area (Å²) in [4.78, 5) is 14.8. The van der Waals surface area contributed by atoms with E-state index in [0.29, 0.717) is 0 Å². The topological polar surface area (TPSA) is 194 Å². The predicted octanol–water partition coefficient (Wildman–Crippen LogP) is 5.55. The van der Waals surface area contributed by atoms with Crippen molar-refractivity contribution < 1.29 is 69.4 Å². The predicted molar refractivity (Wildman–Crippen MR) is 161 cm³/mol. The molecule has 281 valence electrons. The fourth-order valence-electron chi connectivity index (χ4n) is 3.25. The fourth-order valence-corrected chi connectivity index (χ4v) is 3.25. The Balaban J connectivity index is -0.000000757. The molecular formula is C28H38CuF6N6O6S2. The molecule has 0 amide bonds. The second-order valence-electron chi connectivity index (χ2n) is 11.5. The van der Waals surface area contributed by atoms with E-state index < -0.39 is 31.3 Å². The first-order valence-electron chi connectivity index (χ1n) is 13.5. The van der Waals surface area contributed by atoms with Gasteiger partial charge in [-0.2, -0.15) is 36.9 Å². The van der Waals surface area contributed by atoms with Gasteiger partial charge in [0.05, 0.1) is 34.9 Å². The SMILES string of the molecule is CC#N.CC#N.CC(C)(C)N1Cc2cccc(n2)CN(C(C)(C)C)Cc2cccc(n2)C1.O=S(=O)([O-])C(F)(F)F.O=S(=O)([O-])C(F)(F)F.[Cu+2]. The summed E-state index contributed by atoms with van der Waals surface area (Å²) in [5, 5.41) is 14.6. The van der Waals surface area contributed by atoms with Gasteiger partial charge in [-0.05, 0) is 65.8 Å². The van der Waals surface area contributed by atoms with Gasteiger partial charge in [-0.1, -0.05) is 12.1 Å². The fraction of sp³-hybridized carbons (Fsp3) is 0.571. The zero-order chi connectivity index (χ0) is 38.4. The summed E-state index contributed by atoms with van der Waals surface area (Å²) >= 11 is 0. The molecule has 2 aromatic rings. The molecule has 49 heavy (non-hydrogen) atoms. The van der Waals surface area contributed by atoms with Gasteiger partial charge in [-0.15, -0.1) is 0 Å². The van der Waals surface area contributed by atoms with Gasteiger partial charge in [0.25, 0.3) is 0 Å². The van der Waals surface area contributed by atoms with E-state index in [2.05, 4.69) is 87.7 Å². The molecule has 4 bridgehead atoms. The zero-order valence-corrected chi connectivity index (χ0v) is 30.4. The number of nitriles is 2. The van der Waals surface area contributed by atoms with E-state index in [1.165, 1.54) is 13.8 Å². The molecule has 2 aromatic heterocycles. The van der Waals surface area contributed by atoms with E-state index in [-0.39, 0.29) is 28.1 Å². The maximum Gasteiger partial charge on any atom is 2.00 e. The van der Waals surface area contributed by atoms with Crippen LogP contribution in [0.5, 0.6) is 0 Å². The third-order valence-corrected chi connectivity index (χ3v) is 6.74. The molecule has 0 unspecified atom stereocenters. The Morgan fingerprint density at radius 3 is 0.898 bits per heavy atom. The van der Waals surface area contributed by atoms with Gasteiger partial charge in [-0.25, -0.2) is 16.8 Å². The van der Waals surface area contributed by atoms with Crippen molar-refractivity contribution in [1.82, 2.24) is 19.8 Å².